The fourth-order valence-electron chi connectivity index (χ4n) is 3.18. The number of anilines is 3. The molecule has 132 valence electrons. The Labute approximate surface area is 153 Å². The smallest absolute Gasteiger partial charge is 0.120 e. The van der Waals surface area contributed by atoms with Crippen molar-refractivity contribution < 1.29 is 9.47 Å². The summed E-state index contributed by atoms with van der Waals surface area (Å²) in [5, 5.41) is 3.40. The van der Waals surface area contributed by atoms with E-state index in [1.807, 2.05) is 12.1 Å². The van der Waals surface area contributed by atoms with Gasteiger partial charge in [0.1, 0.15) is 5.75 Å². The third-order valence-corrected chi connectivity index (χ3v) is 5.64. The lowest BCUT2D eigenvalue weighted by atomic mass is 10.2. The monoisotopic (exact) mass is 357 g/mol. The van der Waals surface area contributed by atoms with Gasteiger partial charge in [0.15, 0.2) is 0 Å². The summed E-state index contributed by atoms with van der Waals surface area (Å²) < 4.78 is 15.8. The molecule has 1 fully saturated rings. The molecule has 2 heterocycles. The molecule has 0 saturated carbocycles. The minimum atomic E-state index is 0.299. The van der Waals surface area contributed by atoms with Gasteiger partial charge < -0.3 is 14.8 Å². The Morgan fingerprint density at radius 2 is 2.08 bits per heavy atom. The normalized spacial score (nSPS) is 19.8. The molecule has 0 amide bonds. The molecule has 2 aromatic rings. The Morgan fingerprint density at radius 1 is 1.20 bits per heavy atom. The van der Waals surface area contributed by atoms with Gasteiger partial charge in [0.2, 0.25) is 0 Å². The van der Waals surface area contributed by atoms with E-state index in [9.17, 15) is 0 Å². The van der Waals surface area contributed by atoms with Gasteiger partial charge in [-0.15, -0.1) is 0 Å². The Hall–Kier alpha value is -1.89. The lowest BCUT2D eigenvalue weighted by molar-refractivity contribution is 0.0254. The average Bonchev–Trinajstić information content (AvgIpc) is 3.06. The van der Waals surface area contributed by atoms with Crippen LogP contribution in [-0.2, 0) is 4.74 Å². The molecular weight excluding hydrogens is 334 g/mol. The van der Waals surface area contributed by atoms with Crippen molar-refractivity contribution in [2.75, 3.05) is 42.0 Å². The van der Waals surface area contributed by atoms with Crippen molar-refractivity contribution in [3.8, 4) is 5.75 Å². The van der Waals surface area contributed by atoms with E-state index < -0.39 is 0 Å². The standard InChI is InChI=1S/C19H23N3O2S/c1-23-16-6-4-5-15(13-16)22-19-8-3-2-7-18(19)21(25-22)11-9-17-14-20-10-12-24-17/h2-8,13,17,20H,9-12,14H2,1H3. The van der Waals surface area contributed by atoms with Crippen LogP contribution in [0.3, 0.4) is 0 Å². The summed E-state index contributed by atoms with van der Waals surface area (Å²) in [6, 6.07) is 16.7. The highest BCUT2D eigenvalue weighted by molar-refractivity contribution is 8.02. The first-order valence-corrected chi connectivity index (χ1v) is 9.39. The predicted molar refractivity (Wildman–Crippen MR) is 104 cm³/mol. The molecule has 25 heavy (non-hydrogen) atoms. The van der Waals surface area contributed by atoms with E-state index in [-0.39, 0.29) is 0 Å². The molecule has 1 N–H and O–H groups in total. The van der Waals surface area contributed by atoms with Gasteiger partial charge in [-0.25, -0.2) is 0 Å². The first-order chi connectivity index (χ1) is 12.3. The molecule has 0 bridgehead atoms. The Balaban J connectivity index is 1.52. The fourth-order valence-corrected chi connectivity index (χ4v) is 4.26. The molecule has 0 spiro atoms. The summed E-state index contributed by atoms with van der Waals surface area (Å²) in [5.41, 5.74) is 3.58. The molecule has 2 aliphatic rings. The Kier molecular flexibility index (Phi) is 5.01. The van der Waals surface area contributed by atoms with Gasteiger partial charge in [-0.3, -0.25) is 8.61 Å². The van der Waals surface area contributed by atoms with Crippen LogP contribution >= 0.6 is 12.1 Å². The molecule has 0 aliphatic carbocycles. The van der Waals surface area contributed by atoms with E-state index in [0.29, 0.717) is 6.10 Å². The topological polar surface area (TPSA) is 37.0 Å². The average molecular weight is 357 g/mol. The number of hydrogen-bond acceptors (Lipinski definition) is 6. The van der Waals surface area contributed by atoms with Crippen molar-refractivity contribution in [1.82, 2.24) is 5.32 Å². The summed E-state index contributed by atoms with van der Waals surface area (Å²) in [6.45, 7) is 3.67. The molecule has 1 unspecified atom stereocenters. The fraction of sp³-hybridized carbons (Fsp3) is 0.368. The van der Waals surface area contributed by atoms with Crippen LogP contribution in [0.1, 0.15) is 6.42 Å². The van der Waals surface area contributed by atoms with Crippen molar-refractivity contribution in [2.24, 2.45) is 0 Å². The second kappa shape index (κ2) is 7.56. The first kappa shape index (κ1) is 16.6. The SMILES string of the molecule is COc1cccc(N2SN(CCC3CNCCO3)c3ccccc32)c1. The Bertz CT molecular complexity index is 721. The van der Waals surface area contributed by atoms with Crippen LogP contribution < -0.4 is 18.7 Å². The van der Waals surface area contributed by atoms with Gasteiger partial charge in [0.25, 0.3) is 0 Å². The summed E-state index contributed by atoms with van der Waals surface area (Å²) >= 11 is 1.74. The number of rotatable bonds is 5. The second-order valence-corrected chi connectivity index (χ2v) is 7.12. The summed E-state index contributed by atoms with van der Waals surface area (Å²) in [5.74, 6) is 0.871. The first-order valence-electron chi connectivity index (χ1n) is 8.66. The Morgan fingerprint density at radius 3 is 2.88 bits per heavy atom. The van der Waals surface area contributed by atoms with Gasteiger partial charge >= 0.3 is 0 Å². The quantitative estimate of drug-likeness (QED) is 0.824. The van der Waals surface area contributed by atoms with E-state index in [1.165, 1.54) is 11.4 Å². The van der Waals surface area contributed by atoms with Gasteiger partial charge in [-0.2, -0.15) is 0 Å². The molecular formula is C19H23N3O2S. The van der Waals surface area contributed by atoms with Crippen molar-refractivity contribution in [1.29, 1.82) is 0 Å². The van der Waals surface area contributed by atoms with E-state index in [1.54, 1.807) is 19.2 Å². The third-order valence-electron chi connectivity index (χ3n) is 4.50. The number of morpholine rings is 1. The molecule has 1 atom stereocenters. The zero-order valence-corrected chi connectivity index (χ0v) is 15.2. The number of ether oxygens (including phenoxy) is 2. The minimum absolute atomic E-state index is 0.299. The number of fused-ring (bicyclic) bond motifs is 1. The van der Waals surface area contributed by atoms with E-state index in [0.717, 1.165) is 44.1 Å². The highest BCUT2D eigenvalue weighted by atomic mass is 32.2. The number of methoxy groups -OCH3 is 1. The predicted octanol–water partition coefficient (Wildman–Crippen LogP) is 3.60. The van der Waals surface area contributed by atoms with Crippen LogP contribution in [0.2, 0.25) is 0 Å². The van der Waals surface area contributed by atoms with Crippen LogP contribution in [0.25, 0.3) is 0 Å². The van der Waals surface area contributed by atoms with E-state index in [2.05, 4.69) is 50.3 Å². The van der Waals surface area contributed by atoms with Crippen LogP contribution in [0.4, 0.5) is 17.1 Å². The molecule has 2 aliphatic heterocycles. The number of nitrogens with zero attached hydrogens (tertiary/aromatic N) is 2. The van der Waals surface area contributed by atoms with Crippen molar-refractivity contribution >= 4 is 29.2 Å². The van der Waals surface area contributed by atoms with E-state index in [4.69, 9.17) is 9.47 Å². The number of hydrogen-bond donors (Lipinski definition) is 1. The third kappa shape index (κ3) is 3.56. The maximum Gasteiger partial charge on any atom is 0.120 e. The number of nitrogens with one attached hydrogen (secondary N) is 1. The van der Waals surface area contributed by atoms with Gasteiger partial charge in [-0.05, 0) is 30.7 Å². The van der Waals surface area contributed by atoms with Gasteiger partial charge in [0, 0.05) is 25.7 Å². The van der Waals surface area contributed by atoms with Crippen LogP contribution in [0.5, 0.6) is 5.75 Å². The zero-order chi connectivity index (χ0) is 17.1. The number of benzene rings is 2. The molecule has 4 rings (SSSR count). The van der Waals surface area contributed by atoms with Crippen LogP contribution in [0, 0.1) is 0 Å². The molecule has 5 nitrogen and oxygen atoms in total. The largest absolute Gasteiger partial charge is 0.497 e. The minimum Gasteiger partial charge on any atom is -0.497 e. The second-order valence-electron chi connectivity index (χ2n) is 6.15. The highest BCUT2D eigenvalue weighted by Gasteiger charge is 2.29. The van der Waals surface area contributed by atoms with Crippen LogP contribution in [-0.4, -0.2) is 39.5 Å². The summed E-state index contributed by atoms with van der Waals surface area (Å²) in [7, 11) is 1.70. The van der Waals surface area contributed by atoms with Crippen molar-refractivity contribution in [3.05, 3.63) is 48.5 Å². The van der Waals surface area contributed by atoms with Crippen molar-refractivity contribution in [2.45, 2.75) is 12.5 Å². The van der Waals surface area contributed by atoms with Gasteiger partial charge in [-0.1, -0.05) is 18.2 Å². The van der Waals surface area contributed by atoms with E-state index >= 15 is 0 Å². The van der Waals surface area contributed by atoms with Crippen LogP contribution in [0.15, 0.2) is 48.5 Å². The summed E-state index contributed by atoms with van der Waals surface area (Å²) in [6.07, 6.45) is 1.31. The molecule has 0 aromatic heterocycles. The number of para-hydroxylation sites is 2. The summed E-state index contributed by atoms with van der Waals surface area (Å²) in [4.78, 5) is 0. The van der Waals surface area contributed by atoms with Gasteiger partial charge in [0.05, 0.1) is 49.0 Å². The zero-order valence-electron chi connectivity index (χ0n) is 14.4. The highest BCUT2D eigenvalue weighted by Crippen LogP contribution is 2.49. The molecule has 0 radical (unpaired) electrons. The molecule has 1 saturated heterocycles. The molecule has 6 heteroatoms. The maximum absolute atomic E-state index is 5.84. The maximum atomic E-state index is 5.84. The molecule has 2 aromatic carbocycles. The lowest BCUT2D eigenvalue weighted by Crippen LogP contribution is -2.39. The van der Waals surface area contributed by atoms with Crippen molar-refractivity contribution in [3.63, 3.8) is 0 Å². The lowest BCUT2D eigenvalue weighted by Gasteiger charge is -2.26.